The summed E-state index contributed by atoms with van der Waals surface area (Å²) in [6.07, 6.45) is 0. The van der Waals surface area contributed by atoms with E-state index in [4.69, 9.17) is 4.74 Å². The first-order valence-corrected chi connectivity index (χ1v) is 8.34. The average Bonchev–Trinajstić information content (AvgIpc) is 3.13. The third kappa shape index (κ3) is 3.39. The lowest BCUT2D eigenvalue weighted by Crippen LogP contribution is -2.26. The number of benzene rings is 2. The number of anilines is 2. The van der Waals surface area contributed by atoms with Crippen molar-refractivity contribution >= 4 is 34.6 Å². The largest absolute Gasteiger partial charge is 0.497 e. The summed E-state index contributed by atoms with van der Waals surface area (Å²) in [6, 6.07) is 17.3. The fourth-order valence-corrected chi connectivity index (χ4v) is 3.16. The van der Waals surface area contributed by atoms with Crippen LogP contribution in [0.15, 0.2) is 66.0 Å². The van der Waals surface area contributed by atoms with Gasteiger partial charge in [-0.3, -0.25) is 9.69 Å². The lowest BCUT2D eigenvalue weighted by atomic mass is 10.1. The smallest absolute Gasteiger partial charge is 0.348 e. The number of hydrogen-bond acceptors (Lipinski definition) is 4. The molecule has 3 aromatic rings. The lowest BCUT2D eigenvalue weighted by Gasteiger charge is -2.23. The van der Waals surface area contributed by atoms with Crippen molar-refractivity contribution in [2.24, 2.45) is 0 Å². The van der Waals surface area contributed by atoms with Gasteiger partial charge in [-0.25, -0.2) is 4.79 Å². The van der Waals surface area contributed by atoms with Crippen LogP contribution in [0.5, 0.6) is 5.75 Å². The van der Waals surface area contributed by atoms with Crippen molar-refractivity contribution in [1.29, 1.82) is 0 Å². The number of ether oxygens (including phenoxy) is 1. The van der Waals surface area contributed by atoms with Crippen molar-refractivity contribution < 1.29 is 19.4 Å². The van der Waals surface area contributed by atoms with E-state index in [2.05, 4.69) is 0 Å². The van der Waals surface area contributed by atoms with E-state index in [0.29, 0.717) is 22.7 Å². The maximum atomic E-state index is 13.1. The zero-order chi connectivity index (χ0) is 17.8. The molecule has 25 heavy (non-hydrogen) atoms. The molecule has 0 spiro atoms. The van der Waals surface area contributed by atoms with Crippen molar-refractivity contribution in [2.75, 3.05) is 12.0 Å². The molecule has 1 heterocycles. The van der Waals surface area contributed by atoms with E-state index >= 15 is 0 Å². The number of carboxylic acid groups (broad SMARTS) is 1. The highest BCUT2D eigenvalue weighted by Crippen LogP contribution is 2.34. The summed E-state index contributed by atoms with van der Waals surface area (Å²) in [5, 5.41) is 11.1. The van der Waals surface area contributed by atoms with Gasteiger partial charge in [-0.15, -0.1) is 11.3 Å². The quantitative estimate of drug-likeness (QED) is 0.737. The highest BCUT2D eigenvalue weighted by Gasteiger charge is 2.25. The van der Waals surface area contributed by atoms with Crippen LogP contribution >= 0.6 is 11.3 Å². The van der Waals surface area contributed by atoms with Crippen molar-refractivity contribution in [2.45, 2.75) is 0 Å². The highest BCUT2D eigenvalue weighted by molar-refractivity contribution is 7.12. The number of aromatic carboxylic acids is 1. The second-order valence-electron chi connectivity index (χ2n) is 5.14. The monoisotopic (exact) mass is 353 g/mol. The van der Waals surface area contributed by atoms with Crippen LogP contribution in [-0.4, -0.2) is 24.1 Å². The Morgan fingerprint density at radius 3 is 2.28 bits per heavy atom. The zero-order valence-corrected chi connectivity index (χ0v) is 14.2. The minimum absolute atomic E-state index is 0.111. The van der Waals surface area contributed by atoms with Gasteiger partial charge < -0.3 is 9.84 Å². The van der Waals surface area contributed by atoms with Gasteiger partial charge in [0.1, 0.15) is 10.6 Å². The van der Waals surface area contributed by atoms with Crippen LogP contribution in [0.1, 0.15) is 20.0 Å². The summed E-state index contributed by atoms with van der Waals surface area (Å²) >= 11 is 1.08. The van der Waals surface area contributed by atoms with E-state index in [-0.39, 0.29) is 10.8 Å². The Bertz CT molecular complexity index is 887. The summed E-state index contributed by atoms with van der Waals surface area (Å²) < 4.78 is 5.15. The molecular weight excluding hydrogens is 338 g/mol. The van der Waals surface area contributed by atoms with E-state index in [1.807, 2.05) is 6.07 Å². The minimum atomic E-state index is -1.07. The number of methoxy groups -OCH3 is 1. The Labute approximate surface area is 148 Å². The molecule has 0 unspecified atom stereocenters. The molecule has 0 radical (unpaired) electrons. The second kappa shape index (κ2) is 7.19. The molecule has 0 bridgehead atoms. The normalized spacial score (nSPS) is 10.3. The number of carboxylic acids is 1. The summed E-state index contributed by atoms with van der Waals surface area (Å²) in [6.45, 7) is 0. The van der Waals surface area contributed by atoms with Crippen molar-refractivity contribution in [1.82, 2.24) is 0 Å². The van der Waals surface area contributed by atoms with E-state index in [0.717, 1.165) is 11.3 Å². The maximum absolute atomic E-state index is 13.1. The van der Waals surface area contributed by atoms with Crippen LogP contribution in [-0.2, 0) is 0 Å². The molecule has 0 aliphatic rings. The Kier molecular flexibility index (Phi) is 4.81. The fourth-order valence-electron chi connectivity index (χ4n) is 2.45. The van der Waals surface area contributed by atoms with E-state index in [1.54, 1.807) is 67.1 Å². The Balaban J connectivity index is 2.12. The molecule has 126 valence electrons. The molecular formula is C19H15NO4S. The fraction of sp³-hybridized carbons (Fsp3) is 0.0526. The predicted molar refractivity (Wildman–Crippen MR) is 97.2 cm³/mol. The first-order valence-electron chi connectivity index (χ1n) is 7.46. The number of nitrogens with zero attached hydrogens (tertiary/aromatic N) is 1. The summed E-state index contributed by atoms with van der Waals surface area (Å²) in [7, 11) is 1.56. The topological polar surface area (TPSA) is 66.8 Å². The van der Waals surface area contributed by atoms with Crippen molar-refractivity contribution in [3.63, 3.8) is 0 Å². The molecule has 0 saturated heterocycles. The molecule has 0 aliphatic carbocycles. The van der Waals surface area contributed by atoms with Gasteiger partial charge in [0.15, 0.2) is 0 Å². The number of carbonyl (C=O) groups excluding carboxylic acids is 1. The number of rotatable bonds is 5. The number of amides is 1. The van der Waals surface area contributed by atoms with Crippen LogP contribution in [0.2, 0.25) is 0 Å². The minimum Gasteiger partial charge on any atom is -0.497 e. The molecule has 1 amide bonds. The standard InChI is InChI=1S/C19H15NO4S/c1-24-15-9-7-14(8-10-15)20(16-11-12-25-17(16)19(22)23)18(21)13-5-3-2-4-6-13/h2-12H,1H3,(H,22,23). The Morgan fingerprint density at radius 1 is 1.00 bits per heavy atom. The lowest BCUT2D eigenvalue weighted by molar-refractivity contribution is 0.0703. The van der Waals surface area contributed by atoms with Gasteiger partial charge in [0.05, 0.1) is 12.8 Å². The molecule has 1 aromatic heterocycles. The molecule has 0 atom stereocenters. The zero-order valence-electron chi connectivity index (χ0n) is 13.4. The average molecular weight is 353 g/mol. The van der Waals surface area contributed by atoms with E-state index in [9.17, 15) is 14.7 Å². The summed E-state index contributed by atoms with van der Waals surface area (Å²) in [4.78, 5) is 26.1. The third-order valence-electron chi connectivity index (χ3n) is 3.63. The first-order chi connectivity index (χ1) is 12.1. The number of thiophene rings is 1. The molecule has 6 heteroatoms. The molecule has 0 aliphatic heterocycles. The number of carbonyl (C=O) groups is 2. The van der Waals surface area contributed by atoms with Crippen molar-refractivity contribution in [3.8, 4) is 5.75 Å². The summed E-state index contributed by atoms with van der Waals surface area (Å²) in [5.41, 5.74) is 1.38. The van der Waals surface area contributed by atoms with E-state index in [1.165, 1.54) is 4.90 Å². The second-order valence-corrected chi connectivity index (χ2v) is 6.06. The van der Waals surface area contributed by atoms with Crippen LogP contribution < -0.4 is 9.64 Å². The maximum Gasteiger partial charge on any atom is 0.348 e. The SMILES string of the molecule is COc1ccc(N(C(=O)c2ccccc2)c2ccsc2C(=O)O)cc1. The van der Waals surface area contributed by atoms with Gasteiger partial charge in [0.25, 0.3) is 5.91 Å². The molecule has 5 nitrogen and oxygen atoms in total. The van der Waals surface area contributed by atoms with Crippen LogP contribution in [0.25, 0.3) is 0 Å². The van der Waals surface area contributed by atoms with Crippen LogP contribution in [0.4, 0.5) is 11.4 Å². The number of hydrogen-bond donors (Lipinski definition) is 1. The molecule has 2 aromatic carbocycles. The third-order valence-corrected chi connectivity index (χ3v) is 4.53. The van der Waals surface area contributed by atoms with Gasteiger partial charge in [0, 0.05) is 11.3 Å². The van der Waals surface area contributed by atoms with Crippen LogP contribution in [0, 0.1) is 0 Å². The highest BCUT2D eigenvalue weighted by atomic mass is 32.1. The van der Waals surface area contributed by atoms with Crippen molar-refractivity contribution in [3.05, 3.63) is 76.5 Å². The van der Waals surface area contributed by atoms with Gasteiger partial charge in [-0.2, -0.15) is 0 Å². The molecule has 3 rings (SSSR count). The summed E-state index contributed by atoms with van der Waals surface area (Å²) in [5.74, 6) is -0.712. The molecule has 1 N–H and O–H groups in total. The van der Waals surface area contributed by atoms with Gasteiger partial charge in [0.2, 0.25) is 0 Å². The Morgan fingerprint density at radius 2 is 1.68 bits per heavy atom. The van der Waals surface area contributed by atoms with E-state index < -0.39 is 5.97 Å². The predicted octanol–water partition coefficient (Wildman–Crippen LogP) is 4.43. The molecule has 0 saturated carbocycles. The Hall–Kier alpha value is -3.12. The first kappa shape index (κ1) is 16.7. The van der Waals surface area contributed by atoms with Crippen LogP contribution in [0.3, 0.4) is 0 Å². The van der Waals surface area contributed by atoms with Gasteiger partial charge in [-0.05, 0) is 47.8 Å². The van der Waals surface area contributed by atoms with Gasteiger partial charge in [-0.1, -0.05) is 18.2 Å². The van der Waals surface area contributed by atoms with Gasteiger partial charge >= 0.3 is 5.97 Å². The molecule has 0 fully saturated rings.